The van der Waals surface area contributed by atoms with Crippen molar-refractivity contribution in [3.8, 4) is 11.1 Å². The number of aromatic nitrogens is 3. The van der Waals surface area contributed by atoms with Gasteiger partial charge in [0.25, 0.3) is 0 Å². The van der Waals surface area contributed by atoms with E-state index in [-0.39, 0.29) is 0 Å². The number of rotatable bonds is 6. The van der Waals surface area contributed by atoms with Crippen LogP contribution in [0.5, 0.6) is 0 Å². The summed E-state index contributed by atoms with van der Waals surface area (Å²) in [6, 6.07) is 2.95. The van der Waals surface area contributed by atoms with Crippen molar-refractivity contribution in [2.75, 3.05) is 0 Å². The van der Waals surface area contributed by atoms with Gasteiger partial charge in [0.05, 0.1) is 5.69 Å². The molecule has 2 heterocycles. The van der Waals surface area contributed by atoms with Gasteiger partial charge >= 0.3 is 0 Å². The number of nitrogens with zero attached hydrogens (tertiary/aromatic N) is 3. The normalized spacial score (nSPS) is 14.7. The largest absolute Gasteiger partial charge is 0.310 e. The third-order valence-corrected chi connectivity index (χ3v) is 3.68. The van der Waals surface area contributed by atoms with E-state index in [4.69, 9.17) is 0 Å². The third-order valence-electron chi connectivity index (χ3n) is 3.68. The number of aryl methyl sites for hydroxylation is 2. The summed E-state index contributed by atoms with van der Waals surface area (Å²) < 4.78 is 2.03. The minimum Gasteiger partial charge on any atom is -0.310 e. The van der Waals surface area contributed by atoms with Crippen molar-refractivity contribution in [3.63, 3.8) is 0 Å². The van der Waals surface area contributed by atoms with Crippen LogP contribution in [0, 0.1) is 6.92 Å². The molecule has 0 unspecified atom stereocenters. The van der Waals surface area contributed by atoms with Crippen LogP contribution in [0.15, 0.2) is 24.7 Å². The van der Waals surface area contributed by atoms with Crippen molar-refractivity contribution in [2.45, 2.75) is 52.2 Å². The SMILES string of the molecule is CCCn1cc(-c2cncc(CNC3CC3)c2)c(C)n1. The summed E-state index contributed by atoms with van der Waals surface area (Å²) in [5.41, 5.74) is 4.68. The highest BCUT2D eigenvalue weighted by atomic mass is 15.3. The molecule has 1 aliphatic carbocycles. The highest BCUT2D eigenvalue weighted by Crippen LogP contribution is 2.23. The minimum atomic E-state index is 0.729. The Kier molecular flexibility index (Phi) is 3.83. The van der Waals surface area contributed by atoms with Gasteiger partial charge in [0.15, 0.2) is 0 Å². The van der Waals surface area contributed by atoms with E-state index in [1.54, 1.807) is 0 Å². The van der Waals surface area contributed by atoms with Crippen molar-refractivity contribution < 1.29 is 0 Å². The van der Waals surface area contributed by atoms with Gasteiger partial charge in [-0.25, -0.2) is 0 Å². The molecule has 106 valence electrons. The Bertz CT molecular complexity index is 584. The number of pyridine rings is 1. The van der Waals surface area contributed by atoms with E-state index in [2.05, 4.69) is 41.5 Å². The maximum Gasteiger partial charge on any atom is 0.0672 e. The highest BCUT2D eigenvalue weighted by molar-refractivity contribution is 5.64. The van der Waals surface area contributed by atoms with Crippen molar-refractivity contribution in [1.29, 1.82) is 0 Å². The standard InChI is InChI=1S/C16H22N4/c1-3-6-20-11-16(12(2)19-20)14-7-13(8-17-10-14)9-18-15-4-5-15/h7-8,10-11,15,18H,3-6,9H2,1-2H3. The van der Waals surface area contributed by atoms with E-state index in [0.29, 0.717) is 0 Å². The van der Waals surface area contributed by atoms with Crippen molar-refractivity contribution in [1.82, 2.24) is 20.1 Å². The van der Waals surface area contributed by atoms with Crippen LogP contribution in [0.1, 0.15) is 37.4 Å². The zero-order valence-corrected chi connectivity index (χ0v) is 12.3. The molecule has 0 bridgehead atoms. The molecule has 0 aliphatic heterocycles. The Morgan fingerprint density at radius 3 is 2.95 bits per heavy atom. The number of hydrogen-bond donors (Lipinski definition) is 1. The summed E-state index contributed by atoms with van der Waals surface area (Å²) in [6.07, 6.45) is 9.75. The van der Waals surface area contributed by atoms with Crippen LogP contribution in [-0.2, 0) is 13.1 Å². The second kappa shape index (κ2) is 5.75. The molecule has 1 aliphatic rings. The monoisotopic (exact) mass is 270 g/mol. The van der Waals surface area contributed by atoms with Gasteiger partial charge in [-0.1, -0.05) is 6.92 Å². The molecule has 0 saturated heterocycles. The van der Waals surface area contributed by atoms with E-state index in [1.807, 2.05) is 17.1 Å². The maximum absolute atomic E-state index is 4.56. The van der Waals surface area contributed by atoms with Crippen LogP contribution in [0.25, 0.3) is 11.1 Å². The molecular weight excluding hydrogens is 248 g/mol. The molecule has 1 fully saturated rings. The fraction of sp³-hybridized carbons (Fsp3) is 0.500. The van der Waals surface area contributed by atoms with Crippen molar-refractivity contribution >= 4 is 0 Å². The van der Waals surface area contributed by atoms with Crippen LogP contribution < -0.4 is 5.32 Å². The van der Waals surface area contributed by atoms with E-state index in [9.17, 15) is 0 Å². The molecule has 3 rings (SSSR count). The molecule has 20 heavy (non-hydrogen) atoms. The molecule has 0 spiro atoms. The first-order valence-corrected chi connectivity index (χ1v) is 7.48. The first-order valence-electron chi connectivity index (χ1n) is 7.48. The fourth-order valence-corrected chi connectivity index (χ4v) is 2.43. The second-order valence-corrected chi connectivity index (χ2v) is 5.63. The van der Waals surface area contributed by atoms with E-state index >= 15 is 0 Å². The molecule has 1 N–H and O–H groups in total. The van der Waals surface area contributed by atoms with Crippen LogP contribution in [0.3, 0.4) is 0 Å². The number of nitrogens with one attached hydrogen (secondary N) is 1. The predicted molar refractivity (Wildman–Crippen MR) is 80.3 cm³/mol. The summed E-state index contributed by atoms with van der Waals surface area (Å²) >= 11 is 0. The second-order valence-electron chi connectivity index (χ2n) is 5.63. The molecule has 2 aromatic rings. The lowest BCUT2D eigenvalue weighted by atomic mass is 10.1. The molecule has 0 amide bonds. The van der Waals surface area contributed by atoms with Crippen molar-refractivity contribution in [3.05, 3.63) is 35.9 Å². The minimum absolute atomic E-state index is 0.729. The summed E-state index contributed by atoms with van der Waals surface area (Å²) in [5, 5.41) is 8.09. The smallest absolute Gasteiger partial charge is 0.0672 e. The predicted octanol–water partition coefficient (Wildman–Crippen LogP) is 2.92. The zero-order valence-electron chi connectivity index (χ0n) is 12.3. The van der Waals surface area contributed by atoms with Gasteiger partial charge in [-0.2, -0.15) is 5.10 Å². The Morgan fingerprint density at radius 2 is 2.20 bits per heavy atom. The quantitative estimate of drug-likeness (QED) is 0.877. The molecule has 4 nitrogen and oxygen atoms in total. The molecule has 4 heteroatoms. The van der Waals surface area contributed by atoms with E-state index in [0.717, 1.165) is 31.2 Å². The van der Waals surface area contributed by atoms with Crippen LogP contribution in [0.2, 0.25) is 0 Å². The highest BCUT2D eigenvalue weighted by Gasteiger charge is 2.20. The van der Waals surface area contributed by atoms with Gasteiger partial charge in [0.2, 0.25) is 0 Å². The molecule has 0 aromatic carbocycles. The fourth-order valence-electron chi connectivity index (χ4n) is 2.43. The molecular formula is C16H22N4. The molecule has 2 aromatic heterocycles. The maximum atomic E-state index is 4.56. The van der Waals surface area contributed by atoms with Gasteiger partial charge in [-0.15, -0.1) is 0 Å². The Morgan fingerprint density at radius 1 is 1.35 bits per heavy atom. The molecule has 0 atom stereocenters. The van der Waals surface area contributed by atoms with Crippen molar-refractivity contribution in [2.24, 2.45) is 0 Å². The lowest BCUT2D eigenvalue weighted by molar-refractivity contribution is 0.598. The van der Waals surface area contributed by atoms with Gasteiger partial charge < -0.3 is 5.32 Å². The third kappa shape index (κ3) is 3.07. The van der Waals surface area contributed by atoms with Gasteiger partial charge in [0.1, 0.15) is 0 Å². The van der Waals surface area contributed by atoms with Crippen LogP contribution in [-0.4, -0.2) is 20.8 Å². The first kappa shape index (κ1) is 13.3. The van der Waals surface area contributed by atoms with Crippen LogP contribution in [0.4, 0.5) is 0 Å². The molecule has 1 saturated carbocycles. The lowest BCUT2D eigenvalue weighted by Crippen LogP contribution is -2.15. The molecule has 0 radical (unpaired) electrons. The number of hydrogen-bond acceptors (Lipinski definition) is 3. The topological polar surface area (TPSA) is 42.7 Å². The summed E-state index contributed by atoms with van der Waals surface area (Å²) in [5.74, 6) is 0. The average Bonchev–Trinajstić information content (AvgIpc) is 3.20. The Hall–Kier alpha value is -1.68. The Labute approximate surface area is 120 Å². The zero-order chi connectivity index (χ0) is 13.9. The summed E-state index contributed by atoms with van der Waals surface area (Å²) in [6.45, 7) is 6.11. The summed E-state index contributed by atoms with van der Waals surface area (Å²) in [7, 11) is 0. The van der Waals surface area contributed by atoms with E-state index < -0.39 is 0 Å². The first-order chi connectivity index (χ1) is 9.76. The van der Waals surface area contributed by atoms with Crippen LogP contribution >= 0.6 is 0 Å². The lowest BCUT2D eigenvalue weighted by Gasteiger charge is -2.05. The van der Waals surface area contributed by atoms with Gasteiger partial charge in [0, 0.05) is 48.8 Å². The van der Waals surface area contributed by atoms with Gasteiger partial charge in [-0.05, 0) is 37.8 Å². The Balaban J connectivity index is 1.79. The van der Waals surface area contributed by atoms with E-state index in [1.165, 1.54) is 29.5 Å². The van der Waals surface area contributed by atoms with Gasteiger partial charge in [-0.3, -0.25) is 9.67 Å². The summed E-state index contributed by atoms with van der Waals surface area (Å²) in [4.78, 5) is 4.38. The average molecular weight is 270 g/mol.